The number of rotatable bonds is 7. The van der Waals surface area contributed by atoms with Gasteiger partial charge in [0.1, 0.15) is 16.3 Å². The van der Waals surface area contributed by atoms with Gasteiger partial charge in [0.15, 0.2) is 5.82 Å². The molecule has 8 heteroatoms. The van der Waals surface area contributed by atoms with Crippen LogP contribution in [0.4, 0.5) is 8.78 Å². The van der Waals surface area contributed by atoms with Gasteiger partial charge in [0.2, 0.25) is 10.0 Å². The fourth-order valence-corrected chi connectivity index (χ4v) is 2.95. The molecule has 5 nitrogen and oxygen atoms in total. The SMILES string of the molecule is C=CCCCN(C)S(=O)(=O)c1ccc(F)c(C(=O)O)c1F. The van der Waals surface area contributed by atoms with Gasteiger partial charge >= 0.3 is 5.97 Å². The Kier molecular flexibility index (Phi) is 5.56. The monoisotopic (exact) mass is 319 g/mol. The molecule has 0 spiro atoms. The van der Waals surface area contributed by atoms with Crippen molar-refractivity contribution in [2.24, 2.45) is 0 Å². The normalized spacial score (nSPS) is 11.6. The number of allylic oxidation sites excluding steroid dienone is 1. The van der Waals surface area contributed by atoms with Crippen LogP contribution in [0.3, 0.4) is 0 Å². The number of halogens is 2. The molecule has 0 unspecified atom stereocenters. The number of hydrogen-bond acceptors (Lipinski definition) is 3. The Bertz CT molecular complexity index is 658. The highest BCUT2D eigenvalue weighted by Gasteiger charge is 2.29. The molecule has 0 saturated heterocycles. The molecule has 0 atom stereocenters. The summed E-state index contributed by atoms with van der Waals surface area (Å²) in [6, 6.07) is 1.34. The van der Waals surface area contributed by atoms with E-state index in [9.17, 15) is 22.0 Å². The van der Waals surface area contributed by atoms with Gasteiger partial charge in [-0.1, -0.05) is 6.08 Å². The van der Waals surface area contributed by atoms with E-state index in [4.69, 9.17) is 5.11 Å². The van der Waals surface area contributed by atoms with Gasteiger partial charge in [-0.3, -0.25) is 0 Å². The van der Waals surface area contributed by atoms with E-state index in [0.29, 0.717) is 18.9 Å². The lowest BCUT2D eigenvalue weighted by Crippen LogP contribution is -2.29. The third kappa shape index (κ3) is 3.64. The number of nitrogens with zero attached hydrogens (tertiary/aromatic N) is 1. The van der Waals surface area contributed by atoms with E-state index in [1.165, 1.54) is 7.05 Å². The Morgan fingerprint density at radius 3 is 2.57 bits per heavy atom. The predicted molar refractivity (Wildman–Crippen MR) is 72.6 cm³/mol. The van der Waals surface area contributed by atoms with E-state index in [1.54, 1.807) is 6.08 Å². The van der Waals surface area contributed by atoms with Gasteiger partial charge in [0.25, 0.3) is 0 Å². The lowest BCUT2D eigenvalue weighted by atomic mass is 10.2. The second-order valence-corrected chi connectivity index (χ2v) is 6.31. The lowest BCUT2D eigenvalue weighted by molar-refractivity contribution is 0.0685. The maximum atomic E-state index is 14.0. The minimum Gasteiger partial charge on any atom is -0.477 e. The second kappa shape index (κ2) is 6.77. The quantitative estimate of drug-likeness (QED) is 0.618. The van der Waals surface area contributed by atoms with E-state index >= 15 is 0 Å². The molecule has 0 fully saturated rings. The first kappa shape index (κ1) is 17.3. The van der Waals surface area contributed by atoms with Crippen LogP contribution in [0.25, 0.3) is 0 Å². The summed E-state index contributed by atoms with van der Waals surface area (Å²) in [6.45, 7) is 3.60. The van der Waals surface area contributed by atoms with Crippen LogP contribution in [0, 0.1) is 11.6 Å². The Hall–Kier alpha value is -1.80. The van der Waals surface area contributed by atoms with Gasteiger partial charge in [0.05, 0.1) is 0 Å². The Balaban J connectivity index is 3.23. The number of carboxylic acid groups (broad SMARTS) is 1. The summed E-state index contributed by atoms with van der Waals surface area (Å²) in [7, 11) is -2.99. The van der Waals surface area contributed by atoms with E-state index in [0.717, 1.165) is 10.4 Å². The number of benzene rings is 1. The van der Waals surface area contributed by atoms with Crippen molar-refractivity contribution >= 4 is 16.0 Å². The highest BCUT2D eigenvalue weighted by molar-refractivity contribution is 7.89. The minimum absolute atomic E-state index is 0.105. The van der Waals surface area contributed by atoms with Gasteiger partial charge in [-0.15, -0.1) is 6.58 Å². The van der Waals surface area contributed by atoms with Gasteiger partial charge in [0, 0.05) is 13.6 Å². The fraction of sp³-hybridized carbons (Fsp3) is 0.308. The van der Waals surface area contributed by atoms with E-state index < -0.39 is 38.1 Å². The third-order valence-corrected chi connectivity index (χ3v) is 4.71. The maximum Gasteiger partial charge on any atom is 0.341 e. The average Bonchev–Trinajstić information content (AvgIpc) is 2.38. The summed E-state index contributed by atoms with van der Waals surface area (Å²) in [6.07, 6.45) is 2.67. The van der Waals surface area contributed by atoms with Crippen LogP contribution >= 0.6 is 0 Å². The van der Waals surface area contributed by atoms with Crippen molar-refractivity contribution in [3.05, 3.63) is 42.0 Å². The molecule has 0 saturated carbocycles. The molecule has 0 amide bonds. The third-order valence-electron chi connectivity index (χ3n) is 2.84. The second-order valence-electron chi connectivity index (χ2n) is 4.30. The largest absolute Gasteiger partial charge is 0.477 e. The van der Waals surface area contributed by atoms with Crippen LogP contribution in [0.2, 0.25) is 0 Å². The molecule has 0 aliphatic rings. The number of hydrogen-bond donors (Lipinski definition) is 1. The van der Waals surface area contributed by atoms with Gasteiger partial charge in [-0.2, -0.15) is 0 Å². The molecule has 1 rings (SSSR count). The smallest absolute Gasteiger partial charge is 0.341 e. The summed E-state index contributed by atoms with van der Waals surface area (Å²) in [4.78, 5) is 9.94. The molecule has 0 aliphatic heterocycles. The molecule has 0 aliphatic carbocycles. The standard InChI is InChI=1S/C13H15F2NO4S/c1-3-4-5-8-16(2)21(19,20)10-7-6-9(14)11(12(10)15)13(17)18/h3,6-7H,1,4-5,8H2,2H3,(H,17,18). The Morgan fingerprint density at radius 2 is 2.05 bits per heavy atom. The summed E-state index contributed by atoms with van der Waals surface area (Å²) >= 11 is 0. The number of sulfonamides is 1. The molecule has 1 aromatic carbocycles. The first-order valence-corrected chi connectivity index (χ1v) is 7.46. The van der Waals surface area contributed by atoms with Crippen molar-refractivity contribution in [3.63, 3.8) is 0 Å². The van der Waals surface area contributed by atoms with Crippen LogP contribution in [0.1, 0.15) is 23.2 Å². The minimum atomic E-state index is -4.23. The highest BCUT2D eigenvalue weighted by atomic mass is 32.2. The predicted octanol–water partition coefficient (Wildman–Crippen LogP) is 2.25. The maximum absolute atomic E-state index is 14.0. The van der Waals surface area contributed by atoms with Crippen molar-refractivity contribution in [3.8, 4) is 0 Å². The zero-order chi connectivity index (χ0) is 16.2. The van der Waals surface area contributed by atoms with E-state index in [1.807, 2.05) is 0 Å². The Morgan fingerprint density at radius 1 is 1.43 bits per heavy atom. The van der Waals surface area contributed by atoms with Gasteiger partial charge < -0.3 is 5.11 Å². The van der Waals surface area contributed by atoms with Gasteiger partial charge in [-0.25, -0.2) is 26.3 Å². The molecule has 0 aromatic heterocycles. The van der Waals surface area contributed by atoms with Crippen molar-refractivity contribution in [2.45, 2.75) is 17.7 Å². The summed E-state index contributed by atoms with van der Waals surface area (Å²) < 4.78 is 52.5. The molecule has 21 heavy (non-hydrogen) atoms. The van der Waals surface area contributed by atoms with Crippen molar-refractivity contribution < 1.29 is 27.1 Å². The van der Waals surface area contributed by atoms with Crippen LogP contribution in [0.15, 0.2) is 29.7 Å². The number of aromatic carboxylic acids is 1. The topological polar surface area (TPSA) is 74.7 Å². The van der Waals surface area contributed by atoms with Crippen LogP contribution in [0.5, 0.6) is 0 Å². The van der Waals surface area contributed by atoms with Crippen molar-refractivity contribution in [2.75, 3.05) is 13.6 Å². The zero-order valence-corrected chi connectivity index (χ0v) is 12.2. The summed E-state index contributed by atoms with van der Waals surface area (Å²) in [5.41, 5.74) is -1.28. The molecule has 0 radical (unpaired) electrons. The summed E-state index contributed by atoms with van der Waals surface area (Å²) in [5.74, 6) is -4.79. The first-order valence-electron chi connectivity index (χ1n) is 6.02. The Labute approximate surface area is 121 Å². The van der Waals surface area contributed by atoms with E-state index in [2.05, 4.69) is 6.58 Å². The van der Waals surface area contributed by atoms with Crippen LogP contribution in [-0.2, 0) is 10.0 Å². The van der Waals surface area contributed by atoms with E-state index in [-0.39, 0.29) is 6.54 Å². The van der Waals surface area contributed by atoms with Gasteiger partial charge in [-0.05, 0) is 25.0 Å². The van der Waals surface area contributed by atoms with Crippen LogP contribution < -0.4 is 0 Å². The fourth-order valence-electron chi connectivity index (χ4n) is 1.68. The molecular weight excluding hydrogens is 304 g/mol. The molecule has 0 heterocycles. The lowest BCUT2D eigenvalue weighted by Gasteiger charge is -2.17. The zero-order valence-electron chi connectivity index (χ0n) is 11.3. The molecular formula is C13H15F2NO4S. The van der Waals surface area contributed by atoms with Crippen molar-refractivity contribution in [1.29, 1.82) is 0 Å². The molecule has 0 bridgehead atoms. The molecule has 116 valence electrons. The first-order chi connectivity index (χ1) is 9.73. The highest BCUT2D eigenvalue weighted by Crippen LogP contribution is 2.23. The average molecular weight is 319 g/mol. The number of carbonyl (C=O) groups is 1. The summed E-state index contributed by atoms with van der Waals surface area (Å²) in [5, 5.41) is 8.75. The number of carboxylic acids is 1. The molecule has 1 N–H and O–H groups in total. The molecule has 1 aromatic rings. The number of unbranched alkanes of at least 4 members (excludes halogenated alkanes) is 1. The van der Waals surface area contributed by atoms with Crippen LogP contribution in [-0.4, -0.2) is 37.4 Å². The van der Waals surface area contributed by atoms with Crippen molar-refractivity contribution in [1.82, 2.24) is 4.31 Å².